The Hall–Kier alpha value is -3.02. The number of hydrogen-bond acceptors (Lipinski definition) is 5. The summed E-state index contributed by atoms with van der Waals surface area (Å²) in [6.07, 6.45) is 1.86. The number of amides is 1. The fraction of sp³-hybridized carbons (Fsp3) is 0.300. The van der Waals surface area contributed by atoms with Crippen molar-refractivity contribution in [2.24, 2.45) is 0 Å². The lowest BCUT2D eigenvalue weighted by molar-refractivity contribution is -0.129. The second-order valence-electron chi connectivity index (χ2n) is 6.36. The number of carbonyl (C=O) groups excluding carboxylic acids is 2. The monoisotopic (exact) mass is 355 g/mol. The molecule has 0 bridgehead atoms. The molecule has 1 amide bonds. The number of nitrogens with zero attached hydrogens (tertiary/aromatic N) is 1. The molecule has 0 aliphatic heterocycles. The lowest BCUT2D eigenvalue weighted by Crippen LogP contribution is -2.27. The first kappa shape index (κ1) is 17.8. The SMILES string of the molecule is COC(=O)c1cc(CN(C)C(=O)Cc2coc3cc(C)ccc23)oc1C. The molecule has 136 valence electrons. The standard InChI is InChI=1S/C20H21NO5/c1-12-5-6-16-14(11-25-18(16)7-12)8-19(22)21(3)10-15-9-17(13(2)26-15)20(23)24-4/h5-7,9,11H,8,10H2,1-4H3. The summed E-state index contributed by atoms with van der Waals surface area (Å²) in [5.41, 5.74) is 3.11. The van der Waals surface area contributed by atoms with Gasteiger partial charge in [-0.25, -0.2) is 4.79 Å². The van der Waals surface area contributed by atoms with Gasteiger partial charge in [0.1, 0.15) is 22.7 Å². The lowest BCUT2D eigenvalue weighted by Gasteiger charge is -2.15. The Balaban J connectivity index is 1.71. The molecule has 3 rings (SSSR count). The van der Waals surface area contributed by atoms with Gasteiger partial charge in [0.05, 0.1) is 26.3 Å². The van der Waals surface area contributed by atoms with Crippen molar-refractivity contribution in [2.75, 3.05) is 14.2 Å². The summed E-state index contributed by atoms with van der Waals surface area (Å²) in [4.78, 5) is 25.8. The Morgan fingerprint density at radius 1 is 1.19 bits per heavy atom. The molecule has 3 aromatic rings. The van der Waals surface area contributed by atoms with Gasteiger partial charge >= 0.3 is 5.97 Å². The largest absolute Gasteiger partial charge is 0.465 e. The van der Waals surface area contributed by atoms with E-state index in [0.29, 0.717) is 17.1 Å². The number of benzene rings is 1. The normalized spacial score (nSPS) is 10.9. The van der Waals surface area contributed by atoms with Crippen LogP contribution in [0.1, 0.15) is 33.0 Å². The fourth-order valence-corrected chi connectivity index (χ4v) is 2.88. The van der Waals surface area contributed by atoms with Crippen molar-refractivity contribution >= 4 is 22.8 Å². The third kappa shape index (κ3) is 3.49. The average molecular weight is 355 g/mol. The van der Waals surface area contributed by atoms with E-state index in [1.54, 1.807) is 31.2 Å². The van der Waals surface area contributed by atoms with Gasteiger partial charge in [-0.05, 0) is 31.5 Å². The Morgan fingerprint density at radius 3 is 2.69 bits per heavy atom. The van der Waals surface area contributed by atoms with E-state index in [-0.39, 0.29) is 18.9 Å². The fourth-order valence-electron chi connectivity index (χ4n) is 2.88. The van der Waals surface area contributed by atoms with E-state index >= 15 is 0 Å². The lowest BCUT2D eigenvalue weighted by atomic mass is 10.1. The number of fused-ring (bicyclic) bond motifs is 1. The molecule has 0 fully saturated rings. The van der Waals surface area contributed by atoms with Crippen LogP contribution in [-0.4, -0.2) is 30.9 Å². The summed E-state index contributed by atoms with van der Waals surface area (Å²) >= 11 is 0. The Morgan fingerprint density at radius 2 is 1.96 bits per heavy atom. The van der Waals surface area contributed by atoms with Gasteiger partial charge in [-0.1, -0.05) is 12.1 Å². The number of methoxy groups -OCH3 is 1. The van der Waals surface area contributed by atoms with E-state index in [0.717, 1.165) is 22.1 Å². The highest BCUT2D eigenvalue weighted by Crippen LogP contribution is 2.23. The van der Waals surface area contributed by atoms with Gasteiger partial charge in [0.25, 0.3) is 0 Å². The highest BCUT2D eigenvalue weighted by Gasteiger charge is 2.19. The van der Waals surface area contributed by atoms with Crippen LogP contribution < -0.4 is 0 Å². The number of furan rings is 2. The van der Waals surface area contributed by atoms with Gasteiger partial charge < -0.3 is 18.5 Å². The smallest absolute Gasteiger partial charge is 0.341 e. The number of likely N-dealkylation sites (N-methyl/N-ethyl adjacent to an activating group) is 1. The van der Waals surface area contributed by atoms with E-state index < -0.39 is 5.97 Å². The van der Waals surface area contributed by atoms with Gasteiger partial charge in [-0.15, -0.1) is 0 Å². The van der Waals surface area contributed by atoms with E-state index in [2.05, 4.69) is 0 Å². The van der Waals surface area contributed by atoms with Crippen LogP contribution in [0.3, 0.4) is 0 Å². The summed E-state index contributed by atoms with van der Waals surface area (Å²) < 4.78 is 15.8. The van der Waals surface area contributed by atoms with Crippen LogP contribution in [-0.2, 0) is 22.5 Å². The Bertz CT molecular complexity index is 966. The molecule has 2 heterocycles. The van der Waals surface area contributed by atoms with Crippen LogP contribution in [0.2, 0.25) is 0 Å². The molecule has 1 aromatic carbocycles. The molecular weight excluding hydrogens is 334 g/mol. The van der Waals surface area contributed by atoms with Crippen molar-refractivity contribution in [1.29, 1.82) is 0 Å². The van der Waals surface area contributed by atoms with Gasteiger partial charge in [-0.2, -0.15) is 0 Å². The van der Waals surface area contributed by atoms with Crippen LogP contribution in [0, 0.1) is 13.8 Å². The molecule has 0 unspecified atom stereocenters. The van der Waals surface area contributed by atoms with Crippen LogP contribution in [0.15, 0.2) is 39.4 Å². The minimum atomic E-state index is -0.452. The van der Waals surface area contributed by atoms with Crippen molar-refractivity contribution in [3.8, 4) is 0 Å². The van der Waals surface area contributed by atoms with Crippen molar-refractivity contribution in [1.82, 2.24) is 4.90 Å². The van der Waals surface area contributed by atoms with E-state index in [4.69, 9.17) is 13.6 Å². The first-order valence-corrected chi connectivity index (χ1v) is 8.27. The highest BCUT2D eigenvalue weighted by molar-refractivity contribution is 5.90. The molecule has 6 nitrogen and oxygen atoms in total. The number of carbonyl (C=O) groups is 2. The number of ether oxygens (including phenoxy) is 1. The molecule has 0 N–H and O–H groups in total. The molecule has 6 heteroatoms. The van der Waals surface area contributed by atoms with E-state index in [1.807, 2.05) is 25.1 Å². The molecule has 0 aliphatic rings. The first-order chi connectivity index (χ1) is 12.4. The summed E-state index contributed by atoms with van der Waals surface area (Å²) in [7, 11) is 3.02. The van der Waals surface area contributed by atoms with Gasteiger partial charge in [0, 0.05) is 18.0 Å². The van der Waals surface area contributed by atoms with Gasteiger partial charge in [-0.3, -0.25) is 4.79 Å². The zero-order valence-corrected chi connectivity index (χ0v) is 15.3. The minimum Gasteiger partial charge on any atom is -0.465 e. The Kier molecular flexibility index (Phi) is 4.84. The topological polar surface area (TPSA) is 72.9 Å². The molecule has 0 radical (unpaired) electrons. The maximum absolute atomic E-state index is 12.6. The number of aryl methyl sites for hydroxylation is 2. The molecule has 0 saturated heterocycles. The van der Waals surface area contributed by atoms with Crippen molar-refractivity contribution in [3.63, 3.8) is 0 Å². The molecule has 2 aromatic heterocycles. The summed E-state index contributed by atoms with van der Waals surface area (Å²) in [6, 6.07) is 7.53. The molecular formula is C20H21NO5. The third-order valence-corrected chi connectivity index (χ3v) is 4.35. The van der Waals surface area contributed by atoms with E-state index in [1.165, 1.54) is 7.11 Å². The van der Waals surface area contributed by atoms with Crippen LogP contribution in [0.25, 0.3) is 11.0 Å². The summed E-state index contributed by atoms with van der Waals surface area (Å²) in [5, 5.41) is 0.944. The molecule has 0 spiro atoms. The average Bonchev–Trinajstić information content (AvgIpc) is 3.17. The van der Waals surface area contributed by atoms with Crippen molar-refractivity contribution in [2.45, 2.75) is 26.8 Å². The van der Waals surface area contributed by atoms with Crippen LogP contribution in [0.5, 0.6) is 0 Å². The van der Waals surface area contributed by atoms with Crippen molar-refractivity contribution in [3.05, 3.63) is 58.7 Å². The maximum atomic E-state index is 12.6. The maximum Gasteiger partial charge on any atom is 0.341 e. The quantitative estimate of drug-likeness (QED) is 0.654. The van der Waals surface area contributed by atoms with Crippen LogP contribution in [0.4, 0.5) is 0 Å². The second-order valence-corrected chi connectivity index (χ2v) is 6.36. The van der Waals surface area contributed by atoms with Gasteiger partial charge in [0.2, 0.25) is 5.91 Å². The van der Waals surface area contributed by atoms with E-state index in [9.17, 15) is 9.59 Å². The van der Waals surface area contributed by atoms with Crippen LogP contribution >= 0.6 is 0 Å². The zero-order chi connectivity index (χ0) is 18.8. The molecule has 0 aliphatic carbocycles. The number of esters is 1. The summed E-state index contributed by atoms with van der Waals surface area (Å²) in [5.74, 6) is 0.490. The highest BCUT2D eigenvalue weighted by atomic mass is 16.5. The van der Waals surface area contributed by atoms with Crippen molar-refractivity contribution < 1.29 is 23.2 Å². The third-order valence-electron chi connectivity index (χ3n) is 4.35. The predicted molar refractivity (Wildman–Crippen MR) is 95.9 cm³/mol. The zero-order valence-electron chi connectivity index (χ0n) is 15.3. The predicted octanol–water partition coefficient (Wildman–Crippen LogP) is 3.63. The minimum absolute atomic E-state index is 0.0676. The van der Waals surface area contributed by atoms with Gasteiger partial charge in [0.15, 0.2) is 0 Å². The molecule has 0 saturated carbocycles. The molecule has 26 heavy (non-hydrogen) atoms. The second kappa shape index (κ2) is 7.07. The molecule has 0 atom stereocenters. The Labute approximate surface area is 151 Å². The first-order valence-electron chi connectivity index (χ1n) is 8.27. The number of rotatable bonds is 5. The number of hydrogen-bond donors (Lipinski definition) is 0. The summed E-state index contributed by atoms with van der Waals surface area (Å²) in [6.45, 7) is 3.96.